The molecule has 5 nitrogen and oxygen atoms in total. The highest BCUT2D eigenvalue weighted by Crippen LogP contribution is 2.19. The minimum absolute atomic E-state index is 0.210. The van der Waals surface area contributed by atoms with Crippen molar-refractivity contribution in [1.29, 1.82) is 0 Å². The van der Waals surface area contributed by atoms with Gasteiger partial charge in [0.15, 0.2) is 0 Å². The van der Waals surface area contributed by atoms with Gasteiger partial charge in [-0.05, 0) is 49.7 Å². The molecule has 112 valence electrons. The van der Waals surface area contributed by atoms with E-state index in [0.717, 1.165) is 5.56 Å². The Morgan fingerprint density at radius 3 is 2.52 bits per heavy atom. The molecule has 6 heteroatoms. The highest BCUT2D eigenvalue weighted by molar-refractivity contribution is 7.89. The Kier molecular flexibility index (Phi) is 4.93. The van der Waals surface area contributed by atoms with Crippen molar-refractivity contribution in [2.24, 2.45) is 0 Å². The summed E-state index contributed by atoms with van der Waals surface area (Å²) in [5.41, 5.74) is 0.812. The molecule has 1 heterocycles. The van der Waals surface area contributed by atoms with Gasteiger partial charge in [-0.25, -0.2) is 13.1 Å². The molecule has 1 aromatic carbocycles. The second-order valence-corrected chi connectivity index (χ2v) is 6.25. The highest BCUT2D eigenvalue weighted by atomic mass is 32.2. The SMILES string of the molecule is CCOc1ccc(S(=O)(=O)NC(C)c2cccnc2)cc1. The lowest BCUT2D eigenvalue weighted by Gasteiger charge is -2.14. The predicted octanol–water partition coefficient (Wildman–Crippen LogP) is 2.52. The number of aromatic nitrogens is 1. The van der Waals surface area contributed by atoms with Crippen LogP contribution in [-0.4, -0.2) is 20.0 Å². The first kappa shape index (κ1) is 15.5. The standard InChI is InChI=1S/C15H18N2O3S/c1-3-20-14-6-8-15(9-7-14)21(18,19)17-12(2)13-5-4-10-16-11-13/h4-12,17H,3H2,1-2H3. The zero-order chi connectivity index (χ0) is 15.3. The van der Waals surface area contributed by atoms with Gasteiger partial charge in [0, 0.05) is 18.4 Å². The summed E-state index contributed by atoms with van der Waals surface area (Å²) in [7, 11) is -3.57. The molecule has 0 spiro atoms. The maximum atomic E-state index is 12.3. The molecule has 1 aromatic heterocycles. The fourth-order valence-electron chi connectivity index (χ4n) is 1.88. The molecular formula is C15H18N2O3S. The van der Waals surface area contributed by atoms with Gasteiger partial charge in [-0.1, -0.05) is 6.07 Å². The van der Waals surface area contributed by atoms with E-state index in [2.05, 4.69) is 9.71 Å². The summed E-state index contributed by atoms with van der Waals surface area (Å²) in [6, 6.07) is 9.61. The Morgan fingerprint density at radius 2 is 1.95 bits per heavy atom. The molecule has 21 heavy (non-hydrogen) atoms. The number of ether oxygens (including phenoxy) is 1. The molecule has 0 aliphatic heterocycles. The monoisotopic (exact) mass is 306 g/mol. The summed E-state index contributed by atoms with van der Waals surface area (Å²) in [6.07, 6.45) is 3.29. The maximum absolute atomic E-state index is 12.3. The van der Waals surface area contributed by atoms with E-state index in [9.17, 15) is 8.42 Å². The van der Waals surface area contributed by atoms with E-state index >= 15 is 0 Å². The summed E-state index contributed by atoms with van der Waals surface area (Å²) in [5.74, 6) is 0.650. The van der Waals surface area contributed by atoms with Crippen molar-refractivity contribution in [3.63, 3.8) is 0 Å². The minimum atomic E-state index is -3.57. The van der Waals surface area contributed by atoms with Crippen molar-refractivity contribution in [2.45, 2.75) is 24.8 Å². The Bertz CT molecular complexity index is 670. The van der Waals surface area contributed by atoms with Crippen LogP contribution in [0.25, 0.3) is 0 Å². The first-order valence-corrected chi connectivity index (χ1v) is 8.16. The van der Waals surface area contributed by atoms with Crippen LogP contribution in [0.5, 0.6) is 5.75 Å². The van der Waals surface area contributed by atoms with E-state index in [-0.39, 0.29) is 10.9 Å². The van der Waals surface area contributed by atoms with Crippen LogP contribution in [0.2, 0.25) is 0 Å². The fourth-order valence-corrected chi connectivity index (χ4v) is 3.11. The Morgan fingerprint density at radius 1 is 1.24 bits per heavy atom. The minimum Gasteiger partial charge on any atom is -0.494 e. The molecular weight excluding hydrogens is 288 g/mol. The zero-order valence-corrected chi connectivity index (χ0v) is 12.8. The molecule has 1 N–H and O–H groups in total. The molecule has 0 amide bonds. The maximum Gasteiger partial charge on any atom is 0.241 e. The van der Waals surface area contributed by atoms with E-state index in [1.807, 2.05) is 13.0 Å². The normalized spacial score (nSPS) is 12.9. The molecule has 0 aliphatic rings. The summed E-state index contributed by atoms with van der Waals surface area (Å²) in [6.45, 7) is 4.20. The zero-order valence-electron chi connectivity index (χ0n) is 12.0. The van der Waals surface area contributed by atoms with Crippen LogP contribution in [0.4, 0.5) is 0 Å². The highest BCUT2D eigenvalue weighted by Gasteiger charge is 2.18. The number of rotatable bonds is 6. The Hall–Kier alpha value is -1.92. The summed E-state index contributed by atoms with van der Waals surface area (Å²) in [5, 5.41) is 0. The van der Waals surface area contributed by atoms with Crippen molar-refractivity contribution < 1.29 is 13.2 Å². The van der Waals surface area contributed by atoms with Crippen LogP contribution in [0.1, 0.15) is 25.5 Å². The van der Waals surface area contributed by atoms with Crippen molar-refractivity contribution in [3.8, 4) is 5.75 Å². The van der Waals surface area contributed by atoms with Crippen LogP contribution in [-0.2, 0) is 10.0 Å². The number of nitrogens with zero attached hydrogens (tertiary/aromatic N) is 1. The Labute approximate surface area is 125 Å². The van der Waals surface area contributed by atoms with Crippen LogP contribution in [0.3, 0.4) is 0 Å². The molecule has 0 bridgehead atoms. The van der Waals surface area contributed by atoms with Crippen molar-refractivity contribution in [1.82, 2.24) is 9.71 Å². The van der Waals surface area contributed by atoms with Crippen molar-refractivity contribution in [2.75, 3.05) is 6.61 Å². The average Bonchev–Trinajstić information content (AvgIpc) is 2.48. The lowest BCUT2D eigenvalue weighted by molar-refractivity contribution is 0.340. The van der Waals surface area contributed by atoms with Crippen LogP contribution >= 0.6 is 0 Å². The number of nitrogens with one attached hydrogen (secondary N) is 1. The molecule has 2 rings (SSSR count). The number of benzene rings is 1. The average molecular weight is 306 g/mol. The van der Waals surface area contributed by atoms with Crippen LogP contribution < -0.4 is 9.46 Å². The quantitative estimate of drug-likeness (QED) is 0.890. The smallest absolute Gasteiger partial charge is 0.241 e. The van der Waals surface area contributed by atoms with Crippen molar-refractivity contribution >= 4 is 10.0 Å². The molecule has 1 atom stereocenters. The summed E-state index contributed by atoms with van der Waals surface area (Å²) < 4.78 is 32.6. The third kappa shape index (κ3) is 4.03. The third-order valence-corrected chi connectivity index (χ3v) is 4.52. The van der Waals surface area contributed by atoms with Crippen molar-refractivity contribution in [3.05, 3.63) is 54.4 Å². The van der Waals surface area contributed by atoms with Gasteiger partial charge in [-0.2, -0.15) is 0 Å². The third-order valence-electron chi connectivity index (χ3n) is 2.96. The predicted molar refractivity (Wildman–Crippen MR) is 80.6 cm³/mol. The van der Waals surface area contributed by atoms with Gasteiger partial charge in [0.2, 0.25) is 10.0 Å². The number of sulfonamides is 1. The molecule has 1 unspecified atom stereocenters. The molecule has 0 fully saturated rings. The molecule has 0 saturated carbocycles. The molecule has 0 saturated heterocycles. The second-order valence-electron chi connectivity index (χ2n) is 4.53. The largest absolute Gasteiger partial charge is 0.494 e. The van der Waals surface area contributed by atoms with Gasteiger partial charge in [0.1, 0.15) is 5.75 Å². The summed E-state index contributed by atoms with van der Waals surface area (Å²) in [4.78, 5) is 4.20. The van der Waals surface area contributed by atoms with E-state index < -0.39 is 10.0 Å². The van der Waals surface area contributed by atoms with Crippen LogP contribution in [0.15, 0.2) is 53.7 Å². The van der Waals surface area contributed by atoms with E-state index in [4.69, 9.17) is 4.74 Å². The second kappa shape index (κ2) is 6.69. The van der Waals surface area contributed by atoms with Gasteiger partial charge in [-0.3, -0.25) is 4.98 Å². The lowest BCUT2D eigenvalue weighted by Crippen LogP contribution is -2.26. The number of hydrogen-bond acceptors (Lipinski definition) is 4. The van der Waals surface area contributed by atoms with Gasteiger partial charge >= 0.3 is 0 Å². The van der Waals surface area contributed by atoms with Gasteiger partial charge < -0.3 is 4.74 Å². The fraction of sp³-hybridized carbons (Fsp3) is 0.267. The first-order chi connectivity index (χ1) is 10.0. The Balaban J connectivity index is 2.14. The lowest BCUT2D eigenvalue weighted by atomic mass is 10.2. The van der Waals surface area contributed by atoms with E-state index in [1.54, 1.807) is 37.5 Å². The van der Waals surface area contributed by atoms with E-state index in [1.165, 1.54) is 12.1 Å². The first-order valence-electron chi connectivity index (χ1n) is 6.68. The van der Waals surface area contributed by atoms with Crippen LogP contribution in [0, 0.1) is 0 Å². The molecule has 0 radical (unpaired) electrons. The number of hydrogen-bond donors (Lipinski definition) is 1. The molecule has 0 aliphatic carbocycles. The van der Waals surface area contributed by atoms with Gasteiger partial charge in [-0.15, -0.1) is 0 Å². The topological polar surface area (TPSA) is 68.3 Å². The van der Waals surface area contributed by atoms with E-state index in [0.29, 0.717) is 12.4 Å². The van der Waals surface area contributed by atoms with Gasteiger partial charge in [0.25, 0.3) is 0 Å². The summed E-state index contributed by atoms with van der Waals surface area (Å²) >= 11 is 0. The van der Waals surface area contributed by atoms with Gasteiger partial charge in [0.05, 0.1) is 11.5 Å². The number of pyridine rings is 1. The molecule has 2 aromatic rings.